The number of hydrogen-bond acceptors (Lipinski definition) is 3. The fourth-order valence-corrected chi connectivity index (χ4v) is 4.56. The van der Waals surface area contributed by atoms with Crippen molar-refractivity contribution in [1.29, 1.82) is 0 Å². The lowest BCUT2D eigenvalue weighted by molar-refractivity contribution is 1.27. The lowest BCUT2D eigenvalue weighted by atomic mass is 10.4. The molecule has 0 saturated carbocycles. The quantitative estimate of drug-likeness (QED) is 0.680. The fourth-order valence-electron chi connectivity index (χ4n) is 0.973. The number of rotatable bonds is 1. The van der Waals surface area contributed by atoms with E-state index in [0.29, 0.717) is 3.91 Å². The van der Waals surface area contributed by atoms with Crippen LogP contribution in [-0.4, -0.2) is 10.2 Å². The molecule has 1 aromatic carbocycles. The van der Waals surface area contributed by atoms with Crippen molar-refractivity contribution in [3.63, 3.8) is 0 Å². The second-order valence-electron chi connectivity index (χ2n) is 2.21. The molecule has 58 valence electrons. The van der Waals surface area contributed by atoms with Crippen molar-refractivity contribution in [3.8, 4) is 0 Å². The molecule has 0 saturated heterocycles. The normalized spacial score (nSPS) is 16.8. The lowest BCUT2D eigenvalue weighted by Crippen LogP contribution is -1.77. The molecule has 0 bridgehead atoms. The van der Waals surface area contributed by atoms with Gasteiger partial charge in [-0.25, -0.2) is 0 Å². The van der Waals surface area contributed by atoms with Crippen LogP contribution >= 0.6 is 35.3 Å². The van der Waals surface area contributed by atoms with Gasteiger partial charge in [0.05, 0.1) is 0 Å². The monoisotopic (exact) mass is 200 g/mol. The van der Waals surface area contributed by atoms with Crippen molar-refractivity contribution in [2.75, 3.05) is 6.26 Å². The summed E-state index contributed by atoms with van der Waals surface area (Å²) in [5, 5.41) is 0. The van der Waals surface area contributed by atoms with Crippen LogP contribution in [0.5, 0.6) is 0 Å². The third-order valence-corrected chi connectivity index (χ3v) is 5.92. The van der Waals surface area contributed by atoms with Gasteiger partial charge in [-0.2, -0.15) is 0 Å². The predicted molar refractivity (Wildman–Crippen MR) is 55.5 cm³/mol. The van der Waals surface area contributed by atoms with Gasteiger partial charge in [-0.1, -0.05) is 35.7 Å². The molecule has 0 aliphatic carbocycles. The van der Waals surface area contributed by atoms with Crippen LogP contribution in [0, 0.1) is 0 Å². The van der Waals surface area contributed by atoms with Crippen LogP contribution in [0.25, 0.3) is 0 Å². The van der Waals surface area contributed by atoms with E-state index >= 15 is 0 Å². The van der Waals surface area contributed by atoms with Gasteiger partial charge in [0.25, 0.3) is 0 Å². The van der Waals surface area contributed by atoms with Crippen molar-refractivity contribution in [1.82, 2.24) is 0 Å². The summed E-state index contributed by atoms with van der Waals surface area (Å²) < 4.78 is 0.674. The highest BCUT2D eigenvalue weighted by atomic mass is 32.3. The Kier molecular flexibility index (Phi) is 2.39. The maximum atomic E-state index is 2.20. The molecule has 1 aliphatic rings. The number of hydrogen-bond donors (Lipinski definition) is 0. The zero-order valence-corrected chi connectivity index (χ0v) is 8.56. The molecule has 0 atom stereocenters. The van der Waals surface area contributed by atoms with Gasteiger partial charge in [0.15, 0.2) is 0 Å². The summed E-state index contributed by atoms with van der Waals surface area (Å²) in [4.78, 5) is 2.88. The summed E-state index contributed by atoms with van der Waals surface area (Å²) in [5.41, 5.74) is 0. The van der Waals surface area contributed by atoms with E-state index in [1.165, 1.54) is 9.79 Å². The van der Waals surface area contributed by atoms with Crippen LogP contribution in [-0.2, 0) is 0 Å². The zero-order valence-electron chi connectivity index (χ0n) is 6.11. The van der Waals surface area contributed by atoms with Gasteiger partial charge < -0.3 is 0 Å². The van der Waals surface area contributed by atoms with Gasteiger partial charge in [0.1, 0.15) is 3.91 Å². The maximum absolute atomic E-state index is 2.20. The summed E-state index contributed by atoms with van der Waals surface area (Å²) >= 11 is 5.84. The van der Waals surface area contributed by atoms with Crippen LogP contribution in [0.4, 0.5) is 0 Å². The van der Waals surface area contributed by atoms with Gasteiger partial charge in [-0.15, -0.1) is 11.8 Å². The van der Waals surface area contributed by atoms with Gasteiger partial charge in [-0.05, 0) is 18.4 Å². The zero-order chi connectivity index (χ0) is 7.68. The van der Waals surface area contributed by atoms with E-state index in [-0.39, 0.29) is 0 Å². The summed E-state index contributed by atoms with van der Waals surface area (Å²) in [6.07, 6.45) is 2.16. The van der Waals surface area contributed by atoms with Crippen LogP contribution in [0.3, 0.4) is 0 Å². The highest BCUT2D eigenvalue weighted by Crippen LogP contribution is 2.51. The number of fused-ring (bicyclic) bond motifs is 1. The Bertz CT molecular complexity index is 234. The Balaban J connectivity index is 2.27. The molecule has 0 unspecified atom stereocenters. The number of benzene rings is 1. The minimum Gasteiger partial charge on any atom is -0.139 e. The molecule has 0 spiro atoms. The van der Waals surface area contributed by atoms with Crippen molar-refractivity contribution in [3.05, 3.63) is 24.3 Å². The van der Waals surface area contributed by atoms with Gasteiger partial charge >= 0.3 is 0 Å². The first-order valence-corrected chi connectivity index (χ1v) is 6.40. The van der Waals surface area contributed by atoms with E-state index in [1.54, 1.807) is 0 Å². The van der Waals surface area contributed by atoms with E-state index in [9.17, 15) is 0 Å². The second-order valence-corrected chi connectivity index (χ2v) is 6.34. The summed E-state index contributed by atoms with van der Waals surface area (Å²) in [6.45, 7) is 0. The minimum absolute atomic E-state index is 0.674. The SMILES string of the molecule is CSC1Sc2ccccc2S1. The summed E-state index contributed by atoms with van der Waals surface area (Å²) in [5.74, 6) is 0. The first-order valence-electron chi connectivity index (χ1n) is 3.35. The summed E-state index contributed by atoms with van der Waals surface area (Å²) in [7, 11) is 0. The van der Waals surface area contributed by atoms with Crippen LogP contribution in [0.15, 0.2) is 34.1 Å². The Morgan fingerprint density at radius 3 is 2.18 bits per heavy atom. The largest absolute Gasteiger partial charge is 0.139 e. The minimum atomic E-state index is 0.674. The van der Waals surface area contributed by atoms with E-state index in [2.05, 4.69) is 30.5 Å². The molecule has 0 fully saturated rings. The predicted octanol–water partition coefficient (Wildman–Crippen LogP) is 3.53. The van der Waals surface area contributed by atoms with E-state index in [0.717, 1.165) is 0 Å². The van der Waals surface area contributed by atoms with Gasteiger partial charge in [0.2, 0.25) is 0 Å². The van der Waals surface area contributed by atoms with Crippen molar-refractivity contribution < 1.29 is 0 Å². The fraction of sp³-hybridized carbons (Fsp3) is 0.250. The molecule has 0 N–H and O–H groups in total. The van der Waals surface area contributed by atoms with Gasteiger partial charge in [-0.3, -0.25) is 0 Å². The molecule has 1 heterocycles. The summed E-state index contributed by atoms with van der Waals surface area (Å²) in [6, 6.07) is 8.61. The molecule has 2 rings (SSSR count). The highest BCUT2D eigenvalue weighted by molar-refractivity contribution is 8.33. The molecule has 0 amide bonds. The average molecular weight is 200 g/mol. The molecule has 0 nitrogen and oxygen atoms in total. The Labute approximate surface area is 79.5 Å². The average Bonchev–Trinajstić information content (AvgIpc) is 2.46. The molecule has 0 aromatic heterocycles. The first-order chi connectivity index (χ1) is 5.40. The standard InChI is InChI=1S/C8H8S3/c1-9-8-10-6-4-2-3-5-7(6)11-8/h2-5,8H,1H3. The maximum Gasteiger partial charge on any atom is 0.105 e. The van der Waals surface area contributed by atoms with Crippen molar-refractivity contribution in [2.24, 2.45) is 0 Å². The Morgan fingerprint density at radius 1 is 1.18 bits per heavy atom. The van der Waals surface area contributed by atoms with E-state index in [1.807, 2.05) is 35.3 Å². The van der Waals surface area contributed by atoms with Crippen molar-refractivity contribution in [2.45, 2.75) is 13.7 Å². The third-order valence-electron chi connectivity index (χ3n) is 1.49. The smallest absolute Gasteiger partial charge is 0.105 e. The van der Waals surface area contributed by atoms with Crippen LogP contribution < -0.4 is 0 Å². The molecule has 0 radical (unpaired) electrons. The third kappa shape index (κ3) is 1.55. The molecule has 1 aromatic rings. The molecule has 3 heteroatoms. The second kappa shape index (κ2) is 3.33. The molecular formula is C8H8S3. The first kappa shape index (κ1) is 7.90. The Morgan fingerprint density at radius 2 is 1.73 bits per heavy atom. The van der Waals surface area contributed by atoms with E-state index < -0.39 is 0 Å². The molecule has 1 aliphatic heterocycles. The van der Waals surface area contributed by atoms with E-state index in [4.69, 9.17) is 0 Å². The topological polar surface area (TPSA) is 0 Å². The number of thioether (sulfide) groups is 3. The highest BCUT2D eigenvalue weighted by Gasteiger charge is 2.20. The van der Waals surface area contributed by atoms with Crippen LogP contribution in [0.1, 0.15) is 0 Å². The van der Waals surface area contributed by atoms with Crippen LogP contribution in [0.2, 0.25) is 0 Å². The van der Waals surface area contributed by atoms with Gasteiger partial charge in [0, 0.05) is 9.79 Å². The van der Waals surface area contributed by atoms with Crippen molar-refractivity contribution >= 4 is 35.3 Å². The Hall–Kier alpha value is 0.270. The molecular weight excluding hydrogens is 192 g/mol. The lowest BCUT2D eigenvalue weighted by Gasteiger charge is -1.99. The molecule has 11 heavy (non-hydrogen) atoms.